The van der Waals surface area contributed by atoms with Crippen LogP contribution in [0.3, 0.4) is 0 Å². The number of likely N-dealkylation sites (tertiary alicyclic amines) is 1. The molecule has 20 heavy (non-hydrogen) atoms. The van der Waals surface area contributed by atoms with E-state index in [1.165, 1.54) is 31.0 Å². The van der Waals surface area contributed by atoms with Crippen molar-refractivity contribution < 1.29 is 4.79 Å². The first-order chi connectivity index (χ1) is 9.70. The van der Waals surface area contributed by atoms with E-state index in [0.29, 0.717) is 17.7 Å². The standard InChI is InChI=1S/C13H20N4OS2/c1-9-3-2-6-17(7-9)11(18)8-19-13-16-15-12(20-13)14-10-4-5-10/h9-10H,2-8H2,1H3,(H,14,15)/t9-/m1/s1. The number of piperidine rings is 1. The lowest BCUT2D eigenvalue weighted by atomic mass is 10.0. The summed E-state index contributed by atoms with van der Waals surface area (Å²) < 4.78 is 0.881. The lowest BCUT2D eigenvalue weighted by molar-refractivity contribution is -0.130. The molecule has 0 bridgehead atoms. The Morgan fingerprint density at radius 2 is 2.30 bits per heavy atom. The highest BCUT2D eigenvalue weighted by Gasteiger charge is 2.23. The predicted octanol–water partition coefficient (Wildman–Crippen LogP) is 2.46. The van der Waals surface area contributed by atoms with Crippen LogP contribution in [0.2, 0.25) is 0 Å². The van der Waals surface area contributed by atoms with Gasteiger partial charge < -0.3 is 10.2 Å². The molecule has 0 spiro atoms. The van der Waals surface area contributed by atoms with Crippen molar-refractivity contribution in [3.05, 3.63) is 0 Å². The SMILES string of the molecule is C[C@@H]1CCCN(C(=O)CSc2nnc(NC3CC3)s2)C1. The fourth-order valence-electron chi connectivity index (χ4n) is 2.36. The normalized spacial score (nSPS) is 22.9. The van der Waals surface area contributed by atoms with Gasteiger partial charge in [-0.3, -0.25) is 4.79 Å². The predicted molar refractivity (Wildman–Crippen MR) is 82.3 cm³/mol. The quantitative estimate of drug-likeness (QED) is 0.846. The number of anilines is 1. The van der Waals surface area contributed by atoms with Gasteiger partial charge in [0.2, 0.25) is 11.0 Å². The molecule has 0 aromatic carbocycles. The summed E-state index contributed by atoms with van der Waals surface area (Å²) in [5.74, 6) is 1.34. The molecule has 5 nitrogen and oxygen atoms in total. The van der Waals surface area contributed by atoms with Crippen LogP contribution in [0.1, 0.15) is 32.6 Å². The zero-order valence-corrected chi connectivity index (χ0v) is 13.3. The van der Waals surface area contributed by atoms with E-state index in [1.807, 2.05) is 4.90 Å². The fourth-order valence-corrected chi connectivity index (χ4v) is 4.09. The van der Waals surface area contributed by atoms with Gasteiger partial charge in [0.15, 0.2) is 4.34 Å². The van der Waals surface area contributed by atoms with Gasteiger partial charge in [0.1, 0.15) is 0 Å². The second kappa shape index (κ2) is 6.30. The lowest BCUT2D eigenvalue weighted by Gasteiger charge is -2.30. The van der Waals surface area contributed by atoms with Gasteiger partial charge in [-0.15, -0.1) is 10.2 Å². The van der Waals surface area contributed by atoms with Crippen molar-refractivity contribution in [3.63, 3.8) is 0 Å². The van der Waals surface area contributed by atoms with Crippen molar-refractivity contribution in [1.82, 2.24) is 15.1 Å². The van der Waals surface area contributed by atoms with Crippen LogP contribution in [0.25, 0.3) is 0 Å². The molecule has 7 heteroatoms. The molecule has 1 aromatic heterocycles. The van der Waals surface area contributed by atoms with Crippen LogP contribution in [0.4, 0.5) is 5.13 Å². The molecule has 1 aromatic rings. The van der Waals surface area contributed by atoms with Crippen LogP contribution in [0.5, 0.6) is 0 Å². The second-order valence-electron chi connectivity index (χ2n) is 5.67. The molecule has 1 N–H and O–H groups in total. The maximum absolute atomic E-state index is 12.2. The van der Waals surface area contributed by atoms with Gasteiger partial charge >= 0.3 is 0 Å². The molecule has 110 valence electrons. The summed E-state index contributed by atoms with van der Waals surface area (Å²) in [6.45, 7) is 4.03. The number of aromatic nitrogens is 2. The second-order valence-corrected chi connectivity index (χ2v) is 7.87. The first-order valence-electron chi connectivity index (χ1n) is 7.21. The Hall–Kier alpha value is -0.820. The van der Waals surface area contributed by atoms with Crippen LogP contribution in [-0.2, 0) is 4.79 Å². The Morgan fingerprint density at radius 3 is 3.05 bits per heavy atom. The van der Waals surface area contributed by atoms with Crippen molar-refractivity contribution >= 4 is 34.1 Å². The Morgan fingerprint density at radius 1 is 1.45 bits per heavy atom. The van der Waals surface area contributed by atoms with Crippen molar-refractivity contribution in [1.29, 1.82) is 0 Å². The number of carbonyl (C=O) groups excluding carboxylic acids is 1. The zero-order chi connectivity index (χ0) is 13.9. The first-order valence-corrected chi connectivity index (χ1v) is 9.01. The molecule has 0 unspecified atom stereocenters. The Bertz CT molecular complexity index is 475. The van der Waals surface area contributed by atoms with E-state index in [1.54, 1.807) is 11.3 Å². The molecule has 1 aliphatic heterocycles. The maximum atomic E-state index is 12.2. The van der Waals surface area contributed by atoms with Gasteiger partial charge in [0.25, 0.3) is 0 Å². The average molecular weight is 312 g/mol. The monoisotopic (exact) mass is 312 g/mol. The molecule has 2 heterocycles. The fraction of sp³-hybridized carbons (Fsp3) is 0.769. The molecule has 1 amide bonds. The van der Waals surface area contributed by atoms with E-state index < -0.39 is 0 Å². The van der Waals surface area contributed by atoms with Crippen molar-refractivity contribution in [2.24, 2.45) is 5.92 Å². The summed E-state index contributed by atoms with van der Waals surface area (Å²) in [6.07, 6.45) is 4.83. The zero-order valence-electron chi connectivity index (χ0n) is 11.7. The summed E-state index contributed by atoms with van der Waals surface area (Å²) >= 11 is 3.05. The van der Waals surface area contributed by atoms with Gasteiger partial charge in [-0.05, 0) is 31.6 Å². The summed E-state index contributed by atoms with van der Waals surface area (Å²) in [7, 11) is 0. The molecule has 2 fully saturated rings. The highest BCUT2D eigenvalue weighted by Crippen LogP contribution is 2.30. The lowest BCUT2D eigenvalue weighted by Crippen LogP contribution is -2.40. The van der Waals surface area contributed by atoms with Crippen molar-refractivity contribution in [2.75, 3.05) is 24.2 Å². The highest BCUT2D eigenvalue weighted by molar-refractivity contribution is 8.01. The van der Waals surface area contributed by atoms with Crippen LogP contribution in [-0.4, -0.2) is 45.9 Å². The van der Waals surface area contributed by atoms with E-state index in [4.69, 9.17) is 0 Å². The third-order valence-corrected chi connectivity index (χ3v) is 5.61. The minimum absolute atomic E-state index is 0.230. The molecule has 1 atom stereocenters. The minimum atomic E-state index is 0.230. The first kappa shape index (κ1) is 14.1. The molecule has 3 rings (SSSR count). The number of hydrogen-bond acceptors (Lipinski definition) is 6. The number of carbonyl (C=O) groups is 1. The average Bonchev–Trinajstić information content (AvgIpc) is 3.13. The molecule has 1 saturated carbocycles. The van der Waals surface area contributed by atoms with Gasteiger partial charge in [-0.25, -0.2) is 0 Å². The van der Waals surface area contributed by atoms with Gasteiger partial charge in [0, 0.05) is 19.1 Å². The van der Waals surface area contributed by atoms with E-state index >= 15 is 0 Å². The number of rotatable bonds is 5. The van der Waals surface area contributed by atoms with E-state index in [0.717, 1.165) is 29.0 Å². The van der Waals surface area contributed by atoms with Gasteiger partial charge in [0.05, 0.1) is 5.75 Å². The molecule has 1 aliphatic carbocycles. The third-order valence-electron chi connectivity index (χ3n) is 3.64. The van der Waals surface area contributed by atoms with E-state index in [9.17, 15) is 4.79 Å². The Balaban J connectivity index is 1.45. The van der Waals surface area contributed by atoms with Crippen molar-refractivity contribution in [3.8, 4) is 0 Å². The molecule has 0 radical (unpaired) electrons. The number of amides is 1. The largest absolute Gasteiger partial charge is 0.357 e. The molecule has 2 aliphatic rings. The van der Waals surface area contributed by atoms with Crippen LogP contribution < -0.4 is 5.32 Å². The topological polar surface area (TPSA) is 58.1 Å². The van der Waals surface area contributed by atoms with E-state index in [-0.39, 0.29) is 5.91 Å². The third kappa shape index (κ3) is 3.85. The number of nitrogens with zero attached hydrogens (tertiary/aromatic N) is 3. The Kier molecular flexibility index (Phi) is 4.45. The Labute approximate surface area is 127 Å². The summed E-state index contributed by atoms with van der Waals surface area (Å²) in [5, 5.41) is 12.5. The number of nitrogens with one attached hydrogen (secondary N) is 1. The summed E-state index contributed by atoms with van der Waals surface area (Å²) in [5.41, 5.74) is 0. The molecular formula is C13H20N4OS2. The smallest absolute Gasteiger partial charge is 0.233 e. The van der Waals surface area contributed by atoms with Crippen LogP contribution in [0.15, 0.2) is 4.34 Å². The highest BCUT2D eigenvalue weighted by atomic mass is 32.2. The maximum Gasteiger partial charge on any atom is 0.233 e. The number of hydrogen-bond donors (Lipinski definition) is 1. The van der Waals surface area contributed by atoms with E-state index in [2.05, 4.69) is 22.4 Å². The van der Waals surface area contributed by atoms with Crippen LogP contribution >= 0.6 is 23.1 Å². The summed E-state index contributed by atoms with van der Waals surface area (Å²) in [4.78, 5) is 14.1. The number of thioether (sulfide) groups is 1. The molecule has 1 saturated heterocycles. The van der Waals surface area contributed by atoms with Gasteiger partial charge in [-0.2, -0.15) is 0 Å². The summed E-state index contributed by atoms with van der Waals surface area (Å²) in [6, 6.07) is 0.595. The minimum Gasteiger partial charge on any atom is -0.357 e. The van der Waals surface area contributed by atoms with Crippen molar-refractivity contribution in [2.45, 2.75) is 43.0 Å². The van der Waals surface area contributed by atoms with Gasteiger partial charge in [-0.1, -0.05) is 30.0 Å². The van der Waals surface area contributed by atoms with Crippen LogP contribution in [0, 0.1) is 5.92 Å². The molecular weight excluding hydrogens is 292 g/mol.